The second-order valence-electron chi connectivity index (χ2n) is 8.72. The molecule has 0 spiro atoms. The van der Waals surface area contributed by atoms with Crippen molar-refractivity contribution in [2.24, 2.45) is 0 Å². The van der Waals surface area contributed by atoms with Crippen molar-refractivity contribution in [3.63, 3.8) is 0 Å². The number of carbonyl (C=O) groups is 1. The number of ether oxygens (including phenoxy) is 2. The fraction of sp³-hybridized carbons (Fsp3) is 0.480. The van der Waals surface area contributed by atoms with Crippen molar-refractivity contribution in [1.82, 2.24) is 4.90 Å². The summed E-state index contributed by atoms with van der Waals surface area (Å²) in [5.41, 5.74) is 3.36. The Labute approximate surface area is 178 Å². The van der Waals surface area contributed by atoms with Crippen molar-refractivity contribution < 1.29 is 14.3 Å². The van der Waals surface area contributed by atoms with Crippen LogP contribution in [-0.2, 0) is 4.79 Å². The maximum atomic E-state index is 12.9. The molecule has 2 aliphatic heterocycles. The van der Waals surface area contributed by atoms with Gasteiger partial charge in [-0.3, -0.25) is 9.69 Å². The zero-order valence-corrected chi connectivity index (χ0v) is 17.7. The second kappa shape index (κ2) is 8.31. The minimum Gasteiger partial charge on any atom is -0.492 e. The van der Waals surface area contributed by atoms with Gasteiger partial charge in [-0.25, -0.2) is 0 Å². The monoisotopic (exact) mass is 406 g/mol. The van der Waals surface area contributed by atoms with Gasteiger partial charge in [0.15, 0.2) is 6.10 Å². The van der Waals surface area contributed by atoms with E-state index in [0.717, 1.165) is 35.2 Å². The first-order valence-corrected chi connectivity index (χ1v) is 11.2. The van der Waals surface area contributed by atoms with E-state index in [2.05, 4.69) is 17.0 Å². The minimum absolute atomic E-state index is 0.0344. The van der Waals surface area contributed by atoms with Crippen molar-refractivity contribution in [3.8, 4) is 11.5 Å². The lowest BCUT2D eigenvalue weighted by atomic mass is 10.1. The molecule has 1 saturated carbocycles. The summed E-state index contributed by atoms with van der Waals surface area (Å²) in [6.07, 6.45) is 4.17. The Balaban J connectivity index is 1.18. The Bertz CT molecular complexity index is 903. The van der Waals surface area contributed by atoms with Crippen LogP contribution in [0, 0.1) is 6.92 Å². The van der Waals surface area contributed by atoms with Gasteiger partial charge in [0.05, 0.1) is 0 Å². The van der Waals surface area contributed by atoms with Crippen LogP contribution in [-0.4, -0.2) is 49.7 Å². The SMILES string of the molecule is Cc1cc(N2CC[C@H](Oc3ccc(C4CC4)cc3)C2=O)ccc1OCCN1CCC1. The fourth-order valence-corrected chi connectivity index (χ4v) is 4.27. The quantitative estimate of drug-likeness (QED) is 0.661. The number of benzene rings is 2. The lowest BCUT2D eigenvalue weighted by Crippen LogP contribution is -2.39. The topological polar surface area (TPSA) is 42.0 Å². The fourth-order valence-electron chi connectivity index (χ4n) is 4.27. The Morgan fingerprint density at radius 3 is 2.47 bits per heavy atom. The zero-order chi connectivity index (χ0) is 20.5. The van der Waals surface area contributed by atoms with Crippen molar-refractivity contribution in [3.05, 3.63) is 53.6 Å². The Hall–Kier alpha value is -2.53. The zero-order valence-electron chi connectivity index (χ0n) is 17.7. The number of anilines is 1. The van der Waals surface area contributed by atoms with Crippen LogP contribution in [0.5, 0.6) is 11.5 Å². The summed E-state index contributed by atoms with van der Waals surface area (Å²) in [6, 6.07) is 14.3. The van der Waals surface area contributed by atoms with Crippen LogP contribution < -0.4 is 14.4 Å². The molecule has 3 fully saturated rings. The van der Waals surface area contributed by atoms with Crippen LogP contribution in [0.15, 0.2) is 42.5 Å². The first kappa shape index (κ1) is 19.4. The Kier molecular flexibility index (Phi) is 5.38. The predicted molar refractivity (Wildman–Crippen MR) is 118 cm³/mol. The molecular weight excluding hydrogens is 376 g/mol. The summed E-state index contributed by atoms with van der Waals surface area (Å²) >= 11 is 0. The molecule has 1 atom stereocenters. The van der Waals surface area contributed by atoms with Gasteiger partial charge >= 0.3 is 0 Å². The molecule has 2 heterocycles. The average Bonchev–Trinajstić information content (AvgIpc) is 3.50. The van der Waals surface area contributed by atoms with Gasteiger partial charge in [0.1, 0.15) is 18.1 Å². The van der Waals surface area contributed by atoms with Gasteiger partial charge in [0, 0.05) is 25.2 Å². The normalized spacial score (nSPS) is 21.6. The molecule has 5 heteroatoms. The molecule has 0 radical (unpaired) electrons. The molecule has 2 aromatic carbocycles. The summed E-state index contributed by atoms with van der Waals surface area (Å²) < 4.78 is 12.0. The van der Waals surface area contributed by atoms with E-state index in [4.69, 9.17) is 9.47 Å². The highest BCUT2D eigenvalue weighted by Gasteiger charge is 2.34. The number of carbonyl (C=O) groups excluding carboxylic acids is 1. The summed E-state index contributed by atoms with van der Waals surface area (Å²) in [5.74, 6) is 2.44. The number of likely N-dealkylation sites (tertiary alicyclic amines) is 1. The highest BCUT2D eigenvalue weighted by atomic mass is 16.5. The van der Waals surface area contributed by atoms with Gasteiger partial charge in [-0.1, -0.05) is 12.1 Å². The van der Waals surface area contributed by atoms with Crippen LogP contribution in [0.1, 0.15) is 42.7 Å². The van der Waals surface area contributed by atoms with Crippen LogP contribution in [0.4, 0.5) is 5.69 Å². The third-order valence-corrected chi connectivity index (χ3v) is 6.45. The molecule has 1 amide bonds. The van der Waals surface area contributed by atoms with E-state index in [-0.39, 0.29) is 5.91 Å². The van der Waals surface area contributed by atoms with E-state index < -0.39 is 6.10 Å². The molecular formula is C25H30N2O3. The van der Waals surface area contributed by atoms with Gasteiger partial charge in [-0.15, -0.1) is 0 Å². The lowest BCUT2D eigenvalue weighted by Gasteiger charge is -2.30. The average molecular weight is 407 g/mol. The Morgan fingerprint density at radius 2 is 1.80 bits per heavy atom. The molecule has 5 nitrogen and oxygen atoms in total. The summed E-state index contributed by atoms with van der Waals surface area (Å²) in [5, 5.41) is 0. The third-order valence-electron chi connectivity index (χ3n) is 6.45. The van der Waals surface area contributed by atoms with Gasteiger partial charge in [0.25, 0.3) is 5.91 Å². The van der Waals surface area contributed by atoms with Crippen molar-refractivity contribution in [1.29, 1.82) is 0 Å². The van der Waals surface area contributed by atoms with E-state index in [1.165, 1.54) is 37.9 Å². The molecule has 5 rings (SSSR count). The minimum atomic E-state index is -0.412. The standard InChI is InChI=1S/C25H30N2O3/c1-18-17-21(7-10-23(18)29-16-15-26-12-2-13-26)27-14-11-24(25(27)28)30-22-8-5-20(6-9-22)19-3-4-19/h5-10,17,19,24H,2-4,11-16H2,1H3/t24-/m0/s1. The molecule has 0 bridgehead atoms. The van der Waals surface area contributed by atoms with Crippen molar-refractivity contribution >= 4 is 11.6 Å². The molecule has 0 aromatic heterocycles. The maximum absolute atomic E-state index is 12.9. The molecule has 3 aliphatic rings. The molecule has 1 aliphatic carbocycles. The van der Waals surface area contributed by atoms with E-state index >= 15 is 0 Å². The third kappa shape index (κ3) is 4.17. The Morgan fingerprint density at radius 1 is 1.00 bits per heavy atom. The van der Waals surface area contributed by atoms with Crippen LogP contribution in [0.2, 0.25) is 0 Å². The van der Waals surface area contributed by atoms with E-state index in [0.29, 0.717) is 19.6 Å². The van der Waals surface area contributed by atoms with Crippen LogP contribution >= 0.6 is 0 Å². The maximum Gasteiger partial charge on any atom is 0.268 e. The van der Waals surface area contributed by atoms with Crippen LogP contribution in [0.3, 0.4) is 0 Å². The van der Waals surface area contributed by atoms with Crippen LogP contribution in [0.25, 0.3) is 0 Å². The largest absolute Gasteiger partial charge is 0.492 e. The molecule has 0 unspecified atom stereocenters. The highest BCUT2D eigenvalue weighted by Crippen LogP contribution is 2.40. The highest BCUT2D eigenvalue weighted by molar-refractivity contribution is 5.99. The van der Waals surface area contributed by atoms with E-state index in [9.17, 15) is 4.79 Å². The molecule has 2 saturated heterocycles. The second-order valence-corrected chi connectivity index (χ2v) is 8.72. The van der Waals surface area contributed by atoms with Gasteiger partial charge in [0.2, 0.25) is 0 Å². The van der Waals surface area contributed by atoms with E-state index in [1.54, 1.807) is 0 Å². The van der Waals surface area contributed by atoms with E-state index in [1.807, 2.05) is 42.2 Å². The summed E-state index contributed by atoms with van der Waals surface area (Å²) in [7, 11) is 0. The lowest BCUT2D eigenvalue weighted by molar-refractivity contribution is -0.122. The molecule has 2 aromatic rings. The van der Waals surface area contributed by atoms with Crippen molar-refractivity contribution in [2.45, 2.75) is 44.6 Å². The first-order valence-electron chi connectivity index (χ1n) is 11.2. The number of hydrogen-bond donors (Lipinski definition) is 0. The van der Waals surface area contributed by atoms with Crippen molar-refractivity contribution in [2.75, 3.05) is 37.7 Å². The smallest absolute Gasteiger partial charge is 0.268 e. The molecule has 158 valence electrons. The number of aryl methyl sites for hydroxylation is 1. The number of hydrogen-bond acceptors (Lipinski definition) is 4. The first-order chi connectivity index (χ1) is 14.7. The van der Waals surface area contributed by atoms with Gasteiger partial charge in [-0.2, -0.15) is 0 Å². The number of nitrogens with zero attached hydrogens (tertiary/aromatic N) is 2. The molecule has 0 N–H and O–H groups in total. The summed E-state index contributed by atoms with van der Waals surface area (Å²) in [6.45, 7) is 6.78. The molecule has 30 heavy (non-hydrogen) atoms. The predicted octanol–water partition coefficient (Wildman–Crippen LogP) is 4.14. The van der Waals surface area contributed by atoms with Gasteiger partial charge in [-0.05, 0) is 86.7 Å². The number of amides is 1. The van der Waals surface area contributed by atoms with Gasteiger partial charge < -0.3 is 14.4 Å². The number of rotatable bonds is 8. The summed E-state index contributed by atoms with van der Waals surface area (Å²) in [4.78, 5) is 17.2.